The molecule has 0 fully saturated rings. The topological polar surface area (TPSA) is 55.1 Å². The van der Waals surface area contributed by atoms with E-state index in [1.807, 2.05) is 13.0 Å². The van der Waals surface area contributed by atoms with Crippen LogP contribution in [0.3, 0.4) is 0 Å². The van der Waals surface area contributed by atoms with Crippen molar-refractivity contribution in [1.29, 1.82) is 0 Å². The molecule has 0 spiro atoms. The highest BCUT2D eigenvalue weighted by molar-refractivity contribution is 5.28. The van der Waals surface area contributed by atoms with E-state index in [-0.39, 0.29) is 17.8 Å². The highest BCUT2D eigenvalue weighted by atomic mass is 19.1. The van der Waals surface area contributed by atoms with E-state index < -0.39 is 6.73 Å². The Labute approximate surface area is 116 Å². The molecule has 0 saturated heterocycles. The minimum Gasteiger partial charge on any atom is -0.374 e. The molecule has 0 amide bonds. The lowest BCUT2D eigenvalue weighted by atomic mass is 10.0. The summed E-state index contributed by atoms with van der Waals surface area (Å²) in [7, 11) is 0. The average Bonchev–Trinajstić information content (AvgIpc) is 2.44. The lowest BCUT2D eigenvalue weighted by Gasteiger charge is -2.08. The maximum absolute atomic E-state index is 13.9. The third kappa shape index (κ3) is 2.93. The van der Waals surface area contributed by atoms with Crippen LogP contribution in [0, 0.1) is 12.7 Å². The third-order valence-electron chi connectivity index (χ3n) is 3.24. The number of hydrogen-bond donors (Lipinski definition) is 1. The molecule has 5 heteroatoms. The predicted molar refractivity (Wildman–Crippen MR) is 74.0 cm³/mol. The second-order valence-electron chi connectivity index (χ2n) is 4.72. The molecule has 0 saturated carbocycles. The fourth-order valence-corrected chi connectivity index (χ4v) is 2.08. The van der Waals surface area contributed by atoms with Crippen LogP contribution in [0.15, 0.2) is 29.1 Å². The number of hydrogen-bond acceptors (Lipinski definition) is 3. The van der Waals surface area contributed by atoms with Gasteiger partial charge in [0.2, 0.25) is 0 Å². The molecule has 20 heavy (non-hydrogen) atoms. The Morgan fingerprint density at radius 2 is 2.10 bits per heavy atom. The van der Waals surface area contributed by atoms with Crippen LogP contribution >= 0.6 is 0 Å². The number of rotatable bonds is 4. The molecule has 106 valence electrons. The monoisotopic (exact) mass is 276 g/mol. The molecule has 0 unspecified atom stereocenters. The van der Waals surface area contributed by atoms with Crippen LogP contribution in [-0.2, 0) is 19.6 Å². The van der Waals surface area contributed by atoms with Crippen LogP contribution in [0.1, 0.15) is 29.3 Å². The first-order valence-electron chi connectivity index (χ1n) is 6.51. The van der Waals surface area contributed by atoms with Crippen molar-refractivity contribution in [1.82, 2.24) is 9.78 Å². The Morgan fingerprint density at radius 1 is 1.35 bits per heavy atom. The SMILES string of the molecule is CCc1ccc(Cc2cc(C)c(=O)n(CO)n2)c(F)c1. The molecular weight excluding hydrogens is 259 g/mol. The van der Waals surface area contributed by atoms with E-state index in [2.05, 4.69) is 5.10 Å². The average molecular weight is 276 g/mol. The van der Waals surface area contributed by atoms with Gasteiger partial charge in [0.05, 0.1) is 5.69 Å². The molecule has 0 aliphatic rings. The minimum absolute atomic E-state index is 0.273. The lowest BCUT2D eigenvalue weighted by molar-refractivity contribution is 0.187. The molecule has 0 atom stereocenters. The minimum atomic E-state index is -0.481. The van der Waals surface area contributed by atoms with Crippen molar-refractivity contribution in [3.8, 4) is 0 Å². The maximum atomic E-state index is 13.9. The van der Waals surface area contributed by atoms with Gasteiger partial charge in [0, 0.05) is 12.0 Å². The number of aryl methyl sites for hydroxylation is 2. The van der Waals surface area contributed by atoms with Gasteiger partial charge in [-0.15, -0.1) is 0 Å². The number of aliphatic hydroxyl groups excluding tert-OH is 1. The zero-order valence-electron chi connectivity index (χ0n) is 11.6. The number of aromatic nitrogens is 2. The normalized spacial score (nSPS) is 10.8. The van der Waals surface area contributed by atoms with Gasteiger partial charge in [0.1, 0.15) is 12.5 Å². The summed E-state index contributed by atoms with van der Waals surface area (Å²) in [5, 5.41) is 13.1. The maximum Gasteiger partial charge on any atom is 0.271 e. The van der Waals surface area contributed by atoms with Gasteiger partial charge >= 0.3 is 0 Å². The Kier molecular flexibility index (Phi) is 4.29. The van der Waals surface area contributed by atoms with E-state index in [0.29, 0.717) is 16.8 Å². The summed E-state index contributed by atoms with van der Waals surface area (Å²) in [6, 6.07) is 6.76. The second-order valence-corrected chi connectivity index (χ2v) is 4.72. The van der Waals surface area contributed by atoms with Crippen LogP contribution < -0.4 is 5.56 Å². The van der Waals surface area contributed by atoms with E-state index >= 15 is 0 Å². The molecule has 1 aromatic carbocycles. The molecular formula is C15H17FN2O2. The van der Waals surface area contributed by atoms with Gasteiger partial charge < -0.3 is 5.11 Å². The van der Waals surface area contributed by atoms with Crippen LogP contribution in [0.2, 0.25) is 0 Å². The van der Waals surface area contributed by atoms with Crippen molar-refractivity contribution in [2.45, 2.75) is 33.4 Å². The standard InChI is InChI=1S/C15H17FN2O2/c1-3-11-4-5-12(14(16)7-11)8-13-6-10(2)15(20)18(9-19)17-13/h4-7,19H,3,8-9H2,1-2H3. The van der Waals surface area contributed by atoms with Crippen LogP contribution in [0.4, 0.5) is 4.39 Å². The smallest absolute Gasteiger partial charge is 0.271 e. The summed E-state index contributed by atoms with van der Waals surface area (Å²) in [6.45, 7) is 3.14. The van der Waals surface area contributed by atoms with Gasteiger partial charge in [-0.2, -0.15) is 5.10 Å². The van der Waals surface area contributed by atoms with E-state index in [9.17, 15) is 9.18 Å². The molecule has 0 aliphatic heterocycles. The van der Waals surface area contributed by atoms with Crippen molar-refractivity contribution in [2.24, 2.45) is 0 Å². The van der Waals surface area contributed by atoms with Crippen molar-refractivity contribution in [2.75, 3.05) is 0 Å². The summed E-state index contributed by atoms with van der Waals surface area (Å²) >= 11 is 0. The Morgan fingerprint density at radius 3 is 2.70 bits per heavy atom. The summed E-state index contributed by atoms with van der Waals surface area (Å²) in [4.78, 5) is 11.6. The number of aliphatic hydroxyl groups is 1. The zero-order chi connectivity index (χ0) is 14.7. The van der Waals surface area contributed by atoms with Gasteiger partial charge in [-0.05, 0) is 36.6 Å². The van der Waals surface area contributed by atoms with Crippen molar-refractivity contribution in [3.63, 3.8) is 0 Å². The Hall–Kier alpha value is -2.01. The highest BCUT2D eigenvalue weighted by Gasteiger charge is 2.09. The summed E-state index contributed by atoms with van der Waals surface area (Å²) in [6.07, 6.45) is 1.07. The third-order valence-corrected chi connectivity index (χ3v) is 3.24. The van der Waals surface area contributed by atoms with Crippen molar-refractivity contribution in [3.05, 3.63) is 62.8 Å². The lowest BCUT2D eigenvalue weighted by Crippen LogP contribution is -2.26. The second kappa shape index (κ2) is 5.96. The molecule has 1 N–H and O–H groups in total. The van der Waals surface area contributed by atoms with Gasteiger partial charge in [0.25, 0.3) is 5.56 Å². The van der Waals surface area contributed by atoms with E-state index in [1.54, 1.807) is 19.1 Å². The summed E-state index contributed by atoms with van der Waals surface area (Å²) in [5.41, 5.74) is 2.17. The van der Waals surface area contributed by atoms with Crippen molar-refractivity contribution >= 4 is 0 Å². The number of benzene rings is 1. The molecule has 0 aliphatic carbocycles. The molecule has 0 bridgehead atoms. The van der Waals surface area contributed by atoms with Gasteiger partial charge in [0.15, 0.2) is 0 Å². The first-order chi connectivity index (χ1) is 9.55. The molecule has 2 aromatic rings. The van der Waals surface area contributed by atoms with E-state index in [4.69, 9.17) is 5.11 Å². The van der Waals surface area contributed by atoms with E-state index in [1.165, 1.54) is 6.07 Å². The number of halogens is 1. The largest absolute Gasteiger partial charge is 0.374 e. The molecule has 1 aromatic heterocycles. The van der Waals surface area contributed by atoms with Gasteiger partial charge in [-0.1, -0.05) is 19.1 Å². The predicted octanol–water partition coefficient (Wildman–Crippen LogP) is 1.79. The van der Waals surface area contributed by atoms with Crippen LogP contribution in [0.25, 0.3) is 0 Å². The Bertz CT molecular complexity index is 680. The van der Waals surface area contributed by atoms with Gasteiger partial charge in [-0.3, -0.25) is 4.79 Å². The summed E-state index contributed by atoms with van der Waals surface area (Å²) < 4.78 is 14.9. The highest BCUT2D eigenvalue weighted by Crippen LogP contribution is 2.14. The van der Waals surface area contributed by atoms with Crippen LogP contribution in [0.5, 0.6) is 0 Å². The zero-order valence-corrected chi connectivity index (χ0v) is 11.6. The fraction of sp³-hybridized carbons (Fsp3) is 0.333. The molecule has 0 radical (unpaired) electrons. The quantitative estimate of drug-likeness (QED) is 0.926. The first kappa shape index (κ1) is 14.4. The Balaban J connectivity index is 2.35. The van der Waals surface area contributed by atoms with Crippen molar-refractivity contribution < 1.29 is 9.50 Å². The molecule has 4 nitrogen and oxygen atoms in total. The van der Waals surface area contributed by atoms with E-state index in [0.717, 1.165) is 16.7 Å². The molecule has 2 rings (SSSR count). The summed E-state index contributed by atoms with van der Waals surface area (Å²) in [5.74, 6) is -0.273. The number of nitrogens with zero attached hydrogens (tertiary/aromatic N) is 2. The molecule has 1 heterocycles. The van der Waals surface area contributed by atoms with Gasteiger partial charge in [-0.25, -0.2) is 9.07 Å². The van der Waals surface area contributed by atoms with Crippen LogP contribution in [-0.4, -0.2) is 14.9 Å². The fourth-order valence-electron chi connectivity index (χ4n) is 2.08. The first-order valence-corrected chi connectivity index (χ1v) is 6.51.